The molecule has 0 spiro atoms. The number of unbranched alkanes of at least 4 members (excludes halogenated alkanes) is 5. The maximum atomic E-state index is 10.4. The van der Waals surface area contributed by atoms with Crippen molar-refractivity contribution in [2.24, 2.45) is 0 Å². The average molecular weight is 200 g/mol. The molecule has 0 aromatic carbocycles. The van der Waals surface area contributed by atoms with E-state index in [1.165, 1.54) is 0 Å². The van der Waals surface area contributed by atoms with Crippen LogP contribution in [0.15, 0.2) is 0 Å². The lowest BCUT2D eigenvalue weighted by atomic mass is 10.1. The van der Waals surface area contributed by atoms with Crippen LogP contribution in [0.25, 0.3) is 0 Å². The molecule has 0 saturated carbocycles. The van der Waals surface area contributed by atoms with Gasteiger partial charge in [-0.05, 0) is 12.8 Å². The lowest BCUT2D eigenvalue weighted by Gasteiger charge is -2.06. The lowest BCUT2D eigenvalue weighted by Crippen LogP contribution is -2.11. The largest absolute Gasteiger partial charge is 0.374 e. The first-order valence-corrected chi connectivity index (χ1v) is 5.27. The van der Waals surface area contributed by atoms with Gasteiger partial charge >= 0.3 is 0 Å². The van der Waals surface area contributed by atoms with E-state index in [9.17, 15) is 9.59 Å². The number of methoxy groups -OCH3 is 1. The summed E-state index contributed by atoms with van der Waals surface area (Å²) in [5, 5.41) is 0. The molecular weight excluding hydrogens is 180 g/mol. The molecule has 0 bridgehead atoms. The highest BCUT2D eigenvalue weighted by Crippen LogP contribution is 2.08. The minimum Gasteiger partial charge on any atom is -0.374 e. The second-order valence-electron chi connectivity index (χ2n) is 3.42. The molecule has 82 valence electrons. The molecule has 14 heavy (non-hydrogen) atoms. The molecule has 1 atom stereocenters. The van der Waals surface area contributed by atoms with Crippen molar-refractivity contribution in [3.8, 4) is 0 Å². The predicted octanol–water partition coefficient (Wildman–Crippen LogP) is 2.13. The quantitative estimate of drug-likeness (QED) is 0.401. The zero-order valence-corrected chi connectivity index (χ0v) is 8.91. The zero-order valence-electron chi connectivity index (χ0n) is 8.91. The van der Waals surface area contributed by atoms with Gasteiger partial charge < -0.3 is 14.3 Å². The molecule has 0 rings (SSSR count). The summed E-state index contributed by atoms with van der Waals surface area (Å²) in [7, 11) is 1.56. The maximum absolute atomic E-state index is 10.4. The highest BCUT2D eigenvalue weighted by molar-refractivity contribution is 5.55. The first kappa shape index (κ1) is 13.3. The summed E-state index contributed by atoms with van der Waals surface area (Å²) in [6.07, 6.45) is 8.46. The number of rotatable bonds is 10. The smallest absolute Gasteiger partial charge is 0.148 e. The van der Waals surface area contributed by atoms with Gasteiger partial charge in [-0.1, -0.05) is 25.7 Å². The van der Waals surface area contributed by atoms with Crippen molar-refractivity contribution in [1.29, 1.82) is 0 Å². The van der Waals surface area contributed by atoms with E-state index in [2.05, 4.69) is 0 Å². The molecule has 0 saturated heterocycles. The molecule has 0 heterocycles. The first-order chi connectivity index (χ1) is 6.85. The minimum absolute atomic E-state index is 0.232. The normalized spacial score (nSPS) is 12.4. The van der Waals surface area contributed by atoms with Crippen LogP contribution < -0.4 is 0 Å². The average Bonchev–Trinajstić information content (AvgIpc) is 2.22. The Kier molecular flexibility index (Phi) is 9.86. The number of hydrogen-bond acceptors (Lipinski definition) is 3. The van der Waals surface area contributed by atoms with Crippen LogP contribution in [-0.4, -0.2) is 25.8 Å². The highest BCUT2D eigenvalue weighted by Gasteiger charge is 2.03. The second kappa shape index (κ2) is 10.4. The van der Waals surface area contributed by atoms with Crippen LogP contribution in [0.4, 0.5) is 0 Å². The van der Waals surface area contributed by atoms with Crippen molar-refractivity contribution >= 4 is 12.6 Å². The van der Waals surface area contributed by atoms with Crippen LogP contribution >= 0.6 is 0 Å². The molecule has 3 nitrogen and oxygen atoms in total. The van der Waals surface area contributed by atoms with Gasteiger partial charge in [-0.3, -0.25) is 0 Å². The first-order valence-electron chi connectivity index (χ1n) is 5.27. The third kappa shape index (κ3) is 7.92. The molecule has 3 heteroatoms. The van der Waals surface area contributed by atoms with Crippen molar-refractivity contribution in [2.45, 2.75) is 51.0 Å². The fourth-order valence-corrected chi connectivity index (χ4v) is 1.34. The molecule has 0 aromatic heterocycles. The van der Waals surface area contributed by atoms with Crippen molar-refractivity contribution < 1.29 is 14.3 Å². The van der Waals surface area contributed by atoms with E-state index < -0.39 is 0 Å². The van der Waals surface area contributed by atoms with E-state index in [1.807, 2.05) is 0 Å². The van der Waals surface area contributed by atoms with Gasteiger partial charge in [-0.25, -0.2) is 0 Å². The zero-order chi connectivity index (χ0) is 10.6. The van der Waals surface area contributed by atoms with Gasteiger partial charge in [0, 0.05) is 13.5 Å². The summed E-state index contributed by atoms with van der Waals surface area (Å²) in [5.41, 5.74) is 0. The van der Waals surface area contributed by atoms with E-state index in [0.717, 1.165) is 51.1 Å². The molecule has 0 aliphatic rings. The Labute approximate surface area is 85.8 Å². The van der Waals surface area contributed by atoms with Crippen LogP contribution in [0, 0.1) is 0 Å². The van der Waals surface area contributed by atoms with Gasteiger partial charge in [-0.2, -0.15) is 0 Å². The molecule has 0 aliphatic heterocycles. The van der Waals surface area contributed by atoms with Gasteiger partial charge in [0.25, 0.3) is 0 Å². The van der Waals surface area contributed by atoms with Crippen LogP contribution in [-0.2, 0) is 14.3 Å². The van der Waals surface area contributed by atoms with Gasteiger partial charge in [-0.15, -0.1) is 0 Å². The van der Waals surface area contributed by atoms with Crippen molar-refractivity contribution in [1.82, 2.24) is 0 Å². The SMILES string of the molecule is COC(C=O)CCCCCCCC=O. The van der Waals surface area contributed by atoms with Crippen LogP contribution in [0.1, 0.15) is 44.9 Å². The summed E-state index contributed by atoms with van der Waals surface area (Å²) < 4.78 is 4.93. The number of hydrogen-bond donors (Lipinski definition) is 0. The Bertz CT molecular complexity index is 145. The summed E-state index contributed by atoms with van der Waals surface area (Å²) in [6.45, 7) is 0. The molecule has 0 fully saturated rings. The lowest BCUT2D eigenvalue weighted by molar-refractivity contribution is -0.116. The monoisotopic (exact) mass is 200 g/mol. The molecular formula is C11H20O3. The number of aldehydes is 2. The van der Waals surface area contributed by atoms with Gasteiger partial charge in [0.1, 0.15) is 18.7 Å². The van der Waals surface area contributed by atoms with E-state index >= 15 is 0 Å². The minimum atomic E-state index is -0.232. The summed E-state index contributed by atoms with van der Waals surface area (Å²) in [5.74, 6) is 0. The fraction of sp³-hybridized carbons (Fsp3) is 0.818. The van der Waals surface area contributed by atoms with Crippen LogP contribution in [0.3, 0.4) is 0 Å². The Hall–Kier alpha value is -0.700. The third-order valence-electron chi connectivity index (χ3n) is 2.27. The molecule has 0 radical (unpaired) electrons. The molecule has 0 amide bonds. The van der Waals surface area contributed by atoms with E-state index in [-0.39, 0.29) is 6.10 Å². The Morgan fingerprint density at radius 1 is 1.07 bits per heavy atom. The molecule has 0 aliphatic carbocycles. The number of ether oxygens (including phenoxy) is 1. The van der Waals surface area contributed by atoms with Crippen molar-refractivity contribution in [3.63, 3.8) is 0 Å². The van der Waals surface area contributed by atoms with Crippen LogP contribution in [0.2, 0.25) is 0 Å². The van der Waals surface area contributed by atoms with E-state index in [1.54, 1.807) is 7.11 Å². The topological polar surface area (TPSA) is 43.4 Å². The summed E-state index contributed by atoms with van der Waals surface area (Å²) in [6, 6.07) is 0. The third-order valence-corrected chi connectivity index (χ3v) is 2.27. The van der Waals surface area contributed by atoms with E-state index in [4.69, 9.17) is 4.74 Å². The maximum Gasteiger partial charge on any atom is 0.148 e. The second-order valence-corrected chi connectivity index (χ2v) is 3.42. The Morgan fingerprint density at radius 3 is 2.29 bits per heavy atom. The standard InChI is InChI=1S/C11H20O3/c1-14-11(10-13)8-6-4-2-3-5-7-9-12/h9-11H,2-8H2,1H3. The van der Waals surface area contributed by atoms with Gasteiger partial charge in [0.05, 0.1) is 0 Å². The highest BCUT2D eigenvalue weighted by atomic mass is 16.5. The van der Waals surface area contributed by atoms with E-state index in [0.29, 0.717) is 6.42 Å². The van der Waals surface area contributed by atoms with Crippen LogP contribution in [0.5, 0.6) is 0 Å². The van der Waals surface area contributed by atoms with Crippen molar-refractivity contribution in [3.05, 3.63) is 0 Å². The Morgan fingerprint density at radius 2 is 1.71 bits per heavy atom. The summed E-state index contributed by atoms with van der Waals surface area (Å²) in [4.78, 5) is 20.4. The summed E-state index contributed by atoms with van der Waals surface area (Å²) >= 11 is 0. The predicted molar refractivity (Wildman–Crippen MR) is 55.2 cm³/mol. The molecule has 0 aromatic rings. The van der Waals surface area contributed by atoms with Crippen molar-refractivity contribution in [2.75, 3.05) is 7.11 Å². The fourth-order valence-electron chi connectivity index (χ4n) is 1.34. The van der Waals surface area contributed by atoms with Gasteiger partial charge in [0.15, 0.2) is 0 Å². The molecule has 1 unspecified atom stereocenters. The molecule has 0 N–H and O–H groups in total. The number of carbonyl (C=O) groups excluding carboxylic acids is 2. The number of carbonyl (C=O) groups is 2. The van der Waals surface area contributed by atoms with Gasteiger partial charge in [0.2, 0.25) is 0 Å². The Balaban J connectivity index is 3.12.